The molecule has 3 aliphatic rings. The van der Waals surface area contributed by atoms with Crippen molar-refractivity contribution in [3.63, 3.8) is 0 Å². The molecular formula is C27H31FN8O2. The first-order valence-electron chi connectivity index (χ1n) is 13.2. The van der Waals surface area contributed by atoms with Crippen molar-refractivity contribution in [1.82, 2.24) is 25.2 Å². The summed E-state index contributed by atoms with van der Waals surface area (Å²) >= 11 is 0. The van der Waals surface area contributed by atoms with Gasteiger partial charge in [0.05, 0.1) is 28.0 Å². The molecule has 0 atom stereocenters. The van der Waals surface area contributed by atoms with E-state index in [-0.39, 0.29) is 23.7 Å². The molecule has 0 unspecified atom stereocenters. The van der Waals surface area contributed by atoms with Gasteiger partial charge in [0.15, 0.2) is 5.82 Å². The third kappa shape index (κ3) is 4.30. The topological polar surface area (TPSA) is 107 Å². The van der Waals surface area contributed by atoms with Gasteiger partial charge in [-0.15, -0.1) is 0 Å². The minimum absolute atomic E-state index is 0.110. The standard InChI is InChI=1S/C27H31FN8O2/c1-3-36-25-22-20(29-15-30-25)13-17(23(28)24(22)33-27(36)38)14-34-9-11-35(12-10-34)21-8-7-19(31-16(21)2)26(37)32-18-5-4-6-18/h7-8,13,15,18H,3-6,9-12,14H2,1-2H3,(H,32,37)(H,33,38). The number of urea groups is 1. The van der Waals surface area contributed by atoms with Gasteiger partial charge in [-0.3, -0.25) is 14.6 Å². The van der Waals surface area contributed by atoms with Crippen LogP contribution in [-0.4, -0.2) is 70.6 Å². The largest absolute Gasteiger partial charge is 0.368 e. The summed E-state index contributed by atoms with van der Waals surface area (Å²) in [5.74, 6) is -0.108. The number of hydrogen-bond donors (Lipinski definition) is 2. The second kappa shape index (κ2) is 9.79. The maximum atomic E-state index is 15.6. The van der Waals surface area contributed by atoms with E-state index in [0.717, 1.165) is 50.4 Å². The number of aryl methyl sites for hydroxylation is 1. The molecule has 0 radical (unpaired) electrons. The molecule has 10 nitrogen and oxygen atoms in total. The molecular weight excluding hydrogens is 487 g/mol. The third-order valence-corrected chi connectivity index (χ3v) is 7.81. The summed E-state index contributed by atoms with van der Waals surface area (Å²) in [6.45, 7) is 7.61. The number of piperazine rings is 1. The molecule has 0 spiro atoms. The predicted octanol–water partition coefficient (Wildman–Crippen LogP) is 3.45. The van der Waals surface area contributed by atoms with Crippen molar-refractivity contribution < 1.29 is 14.0 Å². The van der Waals surface area contributed by atoms with Gasteiger partial charge in [-0.25, -0.2) is 24.1 Å². The monoisotopic (exact) mass is 518 g/mol. The minimum atomic E-state index is -0.434. The van der Waals surface area contributed by atoms with Crippen LogP contribution in [0.5, 0.6) is 0 Å². The number of halogens is 1. The molecule has 2 fully saturated rings. The van der Waals surface area contributed by atoms with Crippen LogP contribution in [0.3, 0.4) is 0 Å². The molecule has 2 aromatic heterocycles. The van der Waals surface area contributed by atoms with Crippen molar-refractivity contribution >= 4 is 40.0 Å². The van der Waals surface area contributed by atoms with Crippen molar-refractivity contribution in [2.24, 2.45) is 0 Å². The first-order chi connectivity index (χ1) is 18.4. The van der Waals surface area contributed by atoms with Crippen LogP contribution in [0.4, 0.5) is 26.4 Å². The Morgan fingerprint density at radius 2 is 1.97 bits per heavy atom. The Morgan fingerprint density at radius 3 is 2.66 bits per heavy atom. The number of carbonyl (C=O) groups excluding carboxylic acids is 2. The molecule has 4 heterocycles. The molecule has 1 saturated heterocycles. The van der Waals surface area contributed by atoms with Crippen LogP contribution < -0.4 is 20.4 Å². The number of nitrogens with one attached hydrogen (secondary N) is 2. The van der Waals surface area contributed by atoms with E-state index in [1.54, 1.807) is 12.1 Å². The van der Waals surface area contributed by atoms with Crippen molar-refractivity contribution in [2.45, 2.75) is 45.7 Å². The fourth-order valence-electron chi connectivity index (χ4n) is 5.45. The lowest BCUT2D eigenvalue weighted by atomic mass is 9.93. The first-order valence-corrected chi connectivity index (χ1v) is 13.2. The highest BCUT2D eigenvalue weighted by atomic mass is 19.1. The molecule has 1 aliphatic carbocycles. The number of benzene rings is 1. The Bertz CT molecular complexity index is 1420. The Balaban J connectivity index is 1.15. The fourth-order valence-corrected chi connectivity index (χ4v) is 5.45. The summed E-state index contributed by atoms with van der Waals surface area (Å²) < 4.78 is 15.6. The minimum Gasteiger partial charge on any atom is -0.368 e. The zero-order chi connectivity index (χ0) is 26.4. The van der Waals surface area contributed by atoms with Crippen LogP contribution in [0.25, 0.3) is 10.9 Å². The van der Waals surface area contributed by atoms with E-state index in [2.05, 4.69) is 35.4 Å². The molecule has 198 valence electrons. The second-order valence-corrected chi connectivity index (χ2v) is 10.2. The highest BCUT2D eigenvalue weighted by Crippen LogP contribution is 2.38. The first kappa shape index (κ1) is 24.5. The van der Waals surface area contributed by atoms with Crippen LogP contribution in [0.15, 0.2) is 24.5 Å². The van der Waals surface area contributed by atoms with Gasteiger partial charge in [0.2, 0.25) is 0 Å². The zero-order valence-electron chi connectivity index (χ0n) is 21.6. The highest BCUT2D eigenvalue weighted by Gasteiger charge is 2.30. The number of amides is 3. The normalized spacial score (nSPS) is 17.9. The van der Waals surface area contributed by atoms with Crippen molar-refractivity contribution in [1.29, 1.82) is 0 Å². The predicted molar refractivity (Wildman–Crippen MR) is 143 cm³/mol. The Morgan fingerprint density at radius 1 is 1.18 bits per heavy atom. The lowest BCUT2D eigenvalue weighted by Gasteiger charge is -2.37. The number of aromatic nitrogens is 3. The van der Waals surface area contributed by atoms with Gasteiger partial charge in [0, 0.05) is 50.9 Å². The fraction of sp³-hybridized carbons (Fsp3) is 0.444. The second-order valence-electron chi connectivity index (χ2n) is 10.2. The van der Waals surface area contributed by atoms with Gasteiger partial charge in [-0.2, -0.15) is 0 Å². The third-order valence-electron chi connectivity index (χ3n) is 7.81. The van der Waals surface area contributed by atoms with Crippen LogP contribution in [0, 0.1) is 12.7 Å². The number of pyridine rings is 1. The number of rotatable bonds is 6. The van der Waals surface area contributed by atoms with Gasteiger partial charge < -0.3 is 15.5 Å². The highest BCUT2D eigenvalue weighted by molar-refractivity contribution is 6.17. The molecule has 0 bridgehead atoms. The van der Waals surface area contributed by atoms with E-state index in [1.807, 2.05) is 19.9 Å². The maximum Gasteiger partial charge on any atom is 0.327 e. The van der Waals surface area contributed by atoms with E-state index in [1.165, 1.54) is 17.6 Å². The van der Waals surface area contributed by atoms with Gasteiger partial charge in [0.1, 0.15) is 17.8 Å². The van der Waals surface area contributed by atoms with Gasteiger partial charge in [-0.05, 0) is 51.3 Å². The maximum absolute atomic E-state index is 15.6. The lowest BCUT2D eigenvalue weighted by molar-refractivity contribution is 0.0911. The number of anilines is 3. The van der Waals surface area contributed by atoms with Crippen molar-refractivity contribution in [3.05, 3.63) is 47.3 Å². The lowest BCUT2D eigenvalue weighted by Crippen LogP contribution is -2.46. The van der Waals surface area contributed by atoms with Crippen LogP contribution in [-0.2, 0) is 6.54 Å². The average Bonchev–Trinajstić information content (AvgIpc) is 2.89. The Labute approximate surface area is 220 Å². The molecule has 2 aliphatic heterocycles. The van der Waals surface area contributed by atoms with E-state index in [4.69, 9.17) is 0 Å². The van der Waals surface area contributed by atoms with E-state index in [9.17, 15) is 9.59 Å². The van der Waals surface area contributed by atoms with Crippen LogP contribution >= 0.6 is 0 Å². The molecule has 1 saturated carbocycles. The van der Waals surface area contributed by atoms with Crippen molar-refractivity contribution in [3.8, 4) is 0 Å². The summed E-state index contributed by atoms with van der Waals surface area (Å²) in [6.07, 6.45) is 4.67. The molecule has 3 amide bonds. The Hall–Kier alpha value is -3.86. The SMILES string of the molecule is CCN1C(=O)Nc2c(F)c(CN3CCN(c4ccc(C(=O)NC5CCC5)nc4C)CC3)cc3ncnc1c23. The van der Waals surface area contributed by atoms with Gasteiger partial charge >= 0.3 is 6.03 Å². The summed E-state index contributed by atoms with van der Waals surface area (Å²) in [4.78, 5) is 44.1. The summed E-state index contributed by atoms with van der Waals surface area (Å²) in [5, 5.41) is 6.28. The van der Waals surface area contributed by atoms with E-state index >= 15 is 4.39 Å². The number of nitrogens with zero attached hydrogens (tertiary/aromatic N) is 6. The summed E-state index contributed by atoms with van der Waals surface area (Å²) in [7, 11) is 0. The van der Waals surface area contributed by atoms with E-state index < -0.39 is 5.82 Å². The molecule has 2 N–H and O–H groups in total. The van der Waals surface area contributed by atoms with Gasteiger partial charge in [-0.1, -0.05) is 0 Å². The Kier molecular flexibility index (Phi) is 6.30. The molecule has 3 aromatic rings. The summed E-state index contributed by atoms with van der Waals surface area (Å²) in [6, 6.07) is 5.42. The average molecular weight is 519 g/mol. The van der Waals surface area contributed by atoms with Gasteiger partial charge in [0.25, 0.3) is 5.91 Å². The molecule has 1 aromatic carbocycles. The summed E-state index contributed by atoms with van der Waals surface area (Å²) in [5.41, 5.74) is 3.56. The van der Waals surface area contributed by atoms with Crippen LogP contribution in [0.1, 0.15) is 47.9 Å². The number of hydrogen-bond acceptors (Lipinski definition) is 7. The number of carbonyl (C=O) groups is 2. The zero-order valence-corrected chi connectivity index (χ0v) is 21.6. The van der Waals surface area contributed by atoms with Crippen molar-refractivity contribution in [2.75, 3.05) is 47.8 Å². The smallest absolute Gasteiger partial charge is 0.327 e. The quantitative estimate of drug-likeness (QED) is 0.515. The molecule has 11 heteroatoms. The molecule has 38 heavy (non-hydrogen) atoms. The molecule has 6 rings (SSSR count). The van der Waals surface area contributed by atoms with Crippen LogP contribution in [0.2, 0.25) is 0 Å². The van der Waals surface area contributed by atoms with E-state index in [0.29, 0.717) is 41.1 Å².